The van der Waals surface area contributed by atoms with Gasteiger partial charge >= 0.3 is 0 Å². The average molecular weight is 363 g/mol. The summed E-state index contributed by atoms with van der Waals surface area (Å²) in [7, 11) is 0. The molecule has 1 N–H and O–H groups in total. The maximum atomic E-state index is 12.6. The molecule has 2 atom stereocenters. The number of alkyl halides is 2. The summed E-state index contributed by atoms with van der Waals surface area (Å²) >= 11 is 13.4. The normalized spacial score (nSPS) is 30.0. The zero-order valence-electron chi connectivity index (χ0n) is 12.0. The van der Waals surface area contributed by atoms with Gasteiger partial charge in [-0.15, -0.1) is 33.4 Å². The standard InChI is InChI=1S/C13H16Cl2N4O2S/c1-12(6-13(12,14)15)10(21)19-4-2-3-8(5-19)9(20)17-11-18-16-7-22-11/h7-8H,2-6H2,1H3,(H,17,18,20)/t8-,12+/m0/s1. The molecule has 120 valence electrons. The van der Waals surface area contributed by atoms with Crippen LogP contribution in [-0.2, 0) is 9.59 Å². The van der Waals surface area contributed by atoms with Gasteiger partial charge in [-0.1, -0.05) is 11.3 Å². The summed E-state index contributed by atoms with van der Waals surface area (Å²) in [6, 6.07) is 0. The van der Waals surface area contributed by atoms with Crippen molar-refractivity contribution in [1.29, 1.82) is 0 Å². The highest BCUT2D eigenvalue weighted by molar-refractivity contribution is 7.13. The zero-order chi connectivity index (χ0) is 16.0. The number of likely N-dealkylation sites (tertiary alicyclic amines) is 1. The topological polar surface area (TPSA) is 75.2 Å². The van der Waals surface area contributed by atoms with E-state index < -0.39 is 9.75 Å². The van der Waals surface area contributed by atoms with Gasteiger partial charge in [0.25, 0.3) is 0 Å². The molecule has 22 heavy (non-hydrogen) atoms. The second kappa shape index (κ2) is 5.62. The largest absolute Gasteiger partial charge is 0.341 e. The quantitative estimate of drug-likeness (QED) is 0.837. The Kier molecular flexibility index (Phi) is 4.07. The number of nitrogens with one attached hydrogen (secondary N) is 1. The van der Waals surface area contributed by atoms with Gasteiger partial charge in [-0.3, -0.25) is 9.59 Å². The van der Waals surface area contributed by atoms with E-state index in [1.165, 1.54) is 11.3 Å². The van der Waals surface area contributed by atoms with Crippen LogP contribution >= 0.6 is 34.5 Å². The van der Waals surface area contributed by atoms with Gasteiger partial charge in [0.2, 0.25) is 16.9 Å². The maximum Gasteiger partial charge on any atom is 0.231 e. The fourth-order valence-electron chi connectivity index (χ4n) is 2.79. The summed E-state index contributed by atoms with van der Waals surface area (Å²) < 4.78 is -0.980. The number of anilines is 1. The molecule has 1 aliphatic carbocycles. The van der Waals surface area contributed by atoms with Crippen LogP contribution in [0.1, 0.15) is 26.2 Å². The van der Waals surface area contributed by atoms with Crippen LogP contribution in [0.5, 0.6) is 0 Å². The van der Waals surface area contributed by atoms with Crippen molar-refractivity contribution in [3.63, 3.8) is 0 Å². The minimum atomic E-state index is -0.980. The van der Waals surface area contributed by atoms with Crippen LogP contribution in [0, 0.1) is 11.3 Å². The summed E-state index contributed by atoms with van der Waals surface area (Å²) in [6.45, 7) is 2.81. The van der Waals surface area contributed by atoms with Gasteiger partial charge in [0, 0.05) is 13.1 Å². The second-order valence-electron chi connectivity index (χ2n) is 6.04. The van der Waals surface area contributed by atoms with Crippen molar-refractivity contribution in [3.05, 3.63) is 5.51 Å². The second-order valence-corrected chi connectivity index (χ2v) is 8.35. The molecule has 0 aromatic carbocycles. The number of nitrogens with zero attached hydrogens (tertiary/aromatic N) is 3. The molecule has 3 rings (SSSR count). The van der Waals surface area contributed by atoms with Crippen LogP contribution in [0.4, 0.5) is 5.13 Å². The molecule has 1 aliphatic heterocycles. The summed E-state index contributed by atoms with van der Waals surface area (Å²) in [5, 5.41) is 10.7. The predicted octanol–water partition coefficient (Wildman–Crippen LogP) is 2.30. The lowest BCUT2D eigenvalue weighted by atomic mass is 9.95. The minimum Gasteiger partial charge on any atom is -0.341 e. The Morgan fingerprint density at radius 3 is 2.82 bits per heavy atom. The maximum absolute atomic E-state index is 12.6. The Morgan fingerprint density at radius 1 is 1.50 bits per heavy atom. The molecule has 0 bridgehead atoms. The SMILES string of the molecule is C[C@]1(C(=O)N2CCC[C@H](C(=O)Nc3nncs3)C2)CC1(Cl)Cl. The number of piperidine rings is 1. The lowest BCUT2D eigenvalue weighted by Crippen LogP contribution is -2.47. The van der Waals surface area contributed by atoms with E-state index in [4.69, 9.17) is 23.2 Å². The Morgan fingerprint density at radius 2 is 2.23 bits per heavy atom. The number of aromatic nitrogens is 2. The third kappa shape index (κ3) is 2.81. The van der Waals surface area contributed by atoms with Gasteiger partial charge < -0.3 is 10.2 Å². The number of rotatable bonds is 3. The molecular formula is C13H16Cl2N4O2S. The molecular weight excluding hydrogens is 347 g/mol. The average Bonchev–Trinajstić information content (AvgIpc) is 2.84. The summed E-state index contributed by atoms with van der Waals surface area (Å²) in [6.07, 6.45) is 1.99. The molecule has 0 radical (unpaired) electrons. The van der Waals surface area contributed by atoms with E-state index in [1.807, 2.05) is 0 Å². The van der Waals surface area contributed by atoms with Gasteiger partial charge in [-0.2, -0.15) is 0 Å². The predicted molar refractivity (Wildman–Crippen MR) is 85.0 cm³/mol. The fraction of sp³-hybridized carbons (Fsp3) is 0.692. The van der Waals surface area contributed by atoms with Crippen molar-refractivity contribution in [3.8, 4) is 0 Å². The first-order valence-electron chi connectivity index (χ1n) is 7.08. The van der Waals surface area contributed by atoms with E-state index in [9.17, 15) is 9.59 Å². The van der Waals surface area contributed by atoms with Crippen molar-refractivity contribution in [2.75, 3.05) is 18.4 Å². The summed E-state index contributed by atoms with van der Waals surface area (Å²) in [4.78, 5) is 26.6. The van der Waals surface area contributed by atoms with E-state index in [2.05, 4.69) is 15.5 Å². The van der Waals surface area contributed by atoms with Gasteiger partial charge in [0.05, 0.1) is 11.3 Å². The molecule has 1 saturated heterocycles. The molecule has 9 heteroatoms. The van der Waals surface area contributed by atoms with Crippen LogP contribution in [0.2, 0.25) is 0 Å². The number of hydrogen-bond donors (Lipinski definition) is 1. The summed E-state index contributed by atoms with van der Waals surface area (Å²) in [5.74, 6) is -0.437. The molecule has 2 heterocycles. The molecule has 2 fully saturated rings. The Bertz CT molecular complexity index is 595. The highest BCUT2D eigenvalue weighted by atomic mass is 35.5. The third-order valence-corrected chi connectivity index (χ3v) is 6.11. The Hall–Kier alpha value is -0.920. The van der Waals surface area contributed by atoms with Gasteiger partial charge in [0.15, 0.2) is 0 Å². The van der Waals surface area contributed by atoms with Crippen LogP contribution in [-0.4, -0.2) is 44.3 Å². The third-order valence-electron chi connectivity index (χ3n) is 4.40. The molecule has 2 aliphatic rings. The van der Waals surface area contributed by atoms with Crippen LogP contribution in [0.3, 0.4) is 0 Å². The monoisotopic (exact) mass is 362 g/mol. The van der Waals surface area contributed by atoms with Crippen molar-refractivity contribution < 1.29 is 9.59 Å². The molecule has 2 amide bonds. The molecule has 0 unspecified atom stereocenters. The first kappa shape index (κ1) is 16.0. The van der Waals surface area contributed by atoms with Gasteiger partial charge in [0.1, 0.15) is 9.84 Å². The molecule has 6 nitrogen and oxygen atoms in total. The van der Waals surface area contributed by atoms with E-state index in [0.717, 1.165) is 12.8 Å². The van der Waals surface area contributed by atoms with E-state index in [0.29, 0.717) is 24.6 Å². The minimum absolute atomic E-state index is 0.0640. The van der Waals surface area contributed by atoms with Gasteiger partial charge in [-0.05, 0) is 26.2 Å². The van der Waals surface area contributed by atoms with Crippen LogP contribution in [0.25, 0.3) is 0 Å². The van der Waals surface area contributed by atoms with E-state index in [-0.39, 0.29) is 17.7 Å². The summed E-state index contributed by atoms with van der Waals surface area (Å²) in [5.41, 5.74) is 0.828. The van der Waals surface area contributed by atoms with E-state index in [1.54, 1.807) is 17.3 Å². The van der Waals surface area contributed by atoms with Crippen molar-refractivity contribution in [1.82, 2.24) is 15.1 Å². The number of hydrogen-bond acceptors (Lipinski definition) is 5. The number of carbonyl (C=O) groups excluding carboxylic acids is 2. The Balaban J connectivity index is 1.62. The lowest BCUT2D eigenvalue weighted by molar-refractivity contribution is -0.139. The number of halogens is 2. The Labute approximate surface area is 142 Å². The van der Waals surface area contributed by atoms with Crippen LogP contribution in [0.15, 0.2) is 5.51 Å². The highest BCUT2D eigenvalue weighted by Gasteiger charge is 2.68. The van der Waals surface area contributed by atoms with Crippen LogP contribution < -0.4 is 5.32 Å². The molecule has 0 spiro atoms. The van der Waals surface area contributed by atoms with E-state index >= 15 is 0 Å². The molecule has 1 aromatic heterocycles. The highest BCUT2D eigenvalue weighted by Crippen LogP contribution is 2.64. The van der Waals surface area contributed by atoms with Gasteiger partial charge in [-0.25, -0.2) is 0 Å². The lowest BCUT2D eigenvalue weighted by Gasteiger charge is -2.34. The smallest absolute Gasteiger partial charge is 0.231 e. The number of amides is 2. The zero-order valence-corrected chi connectivity index (χ0v) is 14.3. The first-order valence-corrected chi connectivity index (χ1v) is 8.71. The van der Waals surface area contributed by atoms with Crippen molar-refractivity contribution in [2.45, 2.75) is 30.5 Å². The first-order chi connectivity index (χ1) is 10.3. The number of carbonyl (C=O) groups is 2. The molecule has 1 aromatic rings. The fourth-order valence-corrected chi connectivity index (χ4v) is 3.94. The molecule has 1 saturated carbocycles. The van der Waals surface area contributed by atoms with Crippen molar-refractivity contribution in [2.24, 2.45) is 11.3 Å². The van der Waals surface area contributed by atoms with Crippen molar-refractivity contribution >= 4 is 51.5 Å².